The largest absolute Gasteiger partial charge is 0.501 e. The number of hydrogen-bond donors (Lipinski definition) is 2. The van der Waals surface area contributed by atoms with E-state index in [0.29, 0.717) is 6.61 Å². The Labute approximate surface area is 86.7 Å². The van der Waals surface area contributed by atoms with Gasteiger partial charge >= 0.3 is 0 Å². The molecule has 1 aliphatic heterocycles. The molecule has 1 aromatic rings. The van der Waals surface area contributed by atoms with Crippen LogP contribution in [0.3, 0.4) is 0 Å². The van der Waals surface area contributed by atoms with Gasteiger partial charge in [0.1, 0.15) is 5.69 Å². The lowest BCUT2D eigenvalue weighted by Crippen LogP contribution is -2.06. The highest BCUT2D eigenvalue weighted by molar-refractivity contribution is 5.71. The predicted octanol–water partition coefficient (Wildman–Crippen LogP) is 1.54. The van der Waals surface area contributed by atoms with Crippen LogP contribution in [0.2, 0.25) is 0 Å². The van der Waals surface area contributed by atoms with Crippen molar-refractivity contribution in [2.24, 2.45) is 0 Å². The zero-order valence-corrected chi connectivity index (χ0v) is 8.16. The fraction of sp³-hybridized carbons (Fsp3) is 0.300. The number of nitrogens with two attached hydrogens (primary N) is 2. The monoisotopic (exact) mass is 209 g/mol. The third-order valence-electron chi connectivity index (χ3n) is 2.33. The lowest BCUT2D eigenvalue weighted by molar-refractivity contribution is 0.235. The van der Waals surface area contributed by atoms with Crippen molar-refractivity contribution in [2.45, 2.75) is 12.8 Å². The Bertz CT molecular complexity index is 417. The van der Waals surface area contributed by atoms with Crippen molar-refractivity contribution < 1.29 is 9.13 Å². The van der Waals surface area contributed by atoms with Crippen LogP contribution in [0.1, 0.15) is 18.5 Å². The van der Waals surface area contributed by atoms with Gasteiger partial charge in [-0.2, -0.15) is 0 Å². The van der Waals surface area contributed by atoms with Gasteiger partial charge in [-0.15, -0.1) is 0 Å². The Hall–Kier alpha value is -1.78. The van der Waals surface area contributed by atoms with E-state index in [1.807, 2.05) is 0 Å². The summed E-state index contributed by atoms with van der Waals surface area (Å²) in [6, 6.07) is 0. The number of allylic oxidation sites excluding steroid dienone is 1. The van der Waals surface area contributed by atoms with Crippen molar-refractivity contribution in [3.05, 3.63) is 24.0 Å². The van der Waals surface area contributed by atoms with Crippen LogP contribution in [-0.2, 0) is 4.74 Å². The highest BCUT2D eigenvalue weighted by atomic mass is 19.1. The molecule has 2 heterocycles. The van der Waals surface area contributed by atoms with E-state index in [2.05, 4.69) is 4.98 Å². The molecule has 0 aromatic carbocycles. The van der Waals surface area contributed by atoms with Crippen LogP contribution in [0.25, 0.3) is 5.57 Å². The molecule has 1 aromatic heterocycles. The molecule has 0 fully saturated rings. The molecule has 1 aliphatic rings. The van der Waals surface area contributed by atoms with E-state index in [4.69, 9.17) is 16.2 Å². The molecule has 5 heteroatoms. The van der Waals surface area contributed by atoms with Gasteiger partial charge in [0.2, 0.25) is 0 Å². The average molecular weight is 209 g/mol. The minimum Gasteiger partial charge on any atom is -0.501 e. The molecule has 0 bridgehead atoms. The normalized spacial score (nSPS) is 15.7. The summed E-state index contributed by atoms with van der Waals surface area (Å²) in [6.45, 7) is 0.662. The number of hydrogen-bond acceptors (Lipinski definition) is 4. The third kappa shape index (κ3) is 1.72. The first-order valence-electron chi connectivity index (χ1n) is 4.70. The van der Waals surface area contributed by atoms with E-state index in [9.17, 15) is 4.39 Å². The minimum absolute atomic E-state index is 0.0496. The minimum atomic E-state index is -0.563. The topological polar surface area (TPSA) is 74.2 Å². The molecule has 0 amide bonds. The summed E-state index contributed by atoms with van der Waals surface area (Å²) < 4.78 is 18.8. The van der Waals surface area contributed by atoms with Crippen LogP contribution in [0.15, 0.2) is 12.5 Å². The summed E-state index contributed by atoms with van der Waals surface area (Å²) in [5.74, 6) is -0.563. The number of pyridine rings is 1. The van der Waals surface area contributed by atoms with Gasteiger partial charge in [0.15, 0.2) is 5.82 Å². The van der Waals surface area contributed by atoms with E-state index < -0.39 is 5.82 Å². The quantitative estimate of drug-likeness (QED) is 0.735. The van der Waals surface area contributed by atoms with Gasteiger partial charge < -0.3 is 16.2 Å². The van der Waals surface area contributed by atoms with Crippen molar-refractivity contribution in [3.63, 3.8) is 0 Å². The average Bonchev–Trinajstić information content (AvgIpc) is 2.27. The number of ether oxygens (including phenoxy) is 1. The van der Waals surface area contributed by atoms with Gasteiger partial charge in [-0.3, -0.25) is 4.98 Å². The third-order valence-corrected chi connectivity index (χ3v) is 2.33. The highest BCUT2D eigenvalue weighted by Gasteiger charge is 2.16. The van der Waals surface area contributed by atoms with Crippen LogP contribution in [0.5, 0.6) is 0 Å². The molecule has 0 saturated heterocycles. The maximum atomic E-state index is 13.7. The van der Waals surface area contributed by atoms with E-state index in [-0.39, 0.29) is 17.1 Å². The molecule has 4 nitrogen and oxygen atoms in total. The standard InChI is InChI=1S/C10H12FN3O/c11-8-9(13)7(12)4-14-10(8)6-2-1-3-15-5-6/h4-5H,1-3,12H2,(H2,13,14). The van der Waals surface area contributed by atoms with Crippen molar-refractivity contribution in [3.8, 4) is 0 Å². The molecule has 0 saturated carbocycles. The van der Waals surface area contributed by atoms with Crippen LogP contribution in [-0.4, -0.2) is 11.6 Å². The van der Waals surface area contributed by atoms with E-state index in [1.165, 1.54) is 12.5 Å². The Balaban J connectivity index is 2.44. The van der Waals surface area contributed by atoms with Crippen LogP contribution in [0, 0.1) is 5.82 Å². The van der Waals surface area contributed by atoms with Crippen LogP contribution in [0.4, 0.5) is 15.8 Å². The molecule has 80 valence electrons. The smallest absolute Gasteiger partial charge is 0.174 e. The number of rotatable bonds is 1. The van der Waals surface area contributed by atoms with Gasteiger partial charge in [0, 0.05) is 5.57 Å². The summed E-state index contributed by atoms with van der Waals surface area (Å²) in [7, 11) is 0. The van der Waals surface area contributed by atoms with E-state index in [0.717, 1.165) is 18.4 Å². The highest BCUT2D eigenvalue weighted by Crippen LogP contribution is 2.28. The van der Waals surface area contributed by atoms with Gasteiger partial charge in [0.25, 0.3) is 0 Å². The van der Waals surface area contributed by atoms with Gasteiger partial charge in [-0.1, -0.05) is 0 Å². The molecule has 0 aliphatic carbocycles. The van der Waals surface area contributed by atoms with E-state index >= 15 is 0 Å². The Morgan fingerprint density at radius 1 is 1.40 bits per heavy atom. The summed E-state index contributed by atoms with van der Waals surface area (Å²) in [6.07, 6.45) is 4.50. The number of halogens is 1. The number of nitrogen functional groups attached to an aromatic ring is 2. The lowest BCUT2D eigenvalue weighted by atomic mass is 10.1. The number of aromatic nitrogens is 1. The number of nitrogens with zero attached hydrogens (tertiary/aromatic N) is 1. The molecule has 15 heavy (non-hydrogen) atoms. The van der Waals surface area contributed by atoms with Gasteiger partial charge in [-0.05, 0) is 12.8 Å². The van der Waals surface area contributed by atoms with Crippen LogP contribution >= 0.6 is 0 Å². The first kappa shape index (κ1) is 9.76. The second-order valence-electron chi connectivity index (χ2n) is 3.41. The van der Waals surface area contributed by atoms with Crippen molar-refractivity contribution in [2.75, 3.05) is 18.1 Å². The molecule has 0 spiro atoms. The fourth-order valence-electron chi connectivity index (χ4n) is 1.48. The zero-order valence-electron chi connectivity index (χ0n) is 8.16. The second kappa shape index (κ2) is 3.76. The zero-order chi connectivity index (χ0) is 10.8. The van der Waals surface area contributed by atoms with E-state index in [1.54, 1.807) is 0 Å². The Kier molecular flexibility index (Phi) is 2.45. The van der Waals surface area contributed by atoms with Crippen LogP contribution < -0.4 is 11.5 Å². The molecular formula is C10H12FN3O. The van der Waals surface area contributed by atoms with Crippen molar-refractivity contribution in [1.82, 2.24) is 4.98 Å². The first-order chi connectivity index (χ1) is 7.20. The predicted molar refractivity (Wildman–Crippen MR) is 56.2 cm³/mol. The fourth-order valence-corrected chi connectivity index (χ4v) is 1.48. The maximum absolute atomic E-state index is 13.7. The molecule has 2 rings (SSSR count). The number of anilines is 2. The van der Waals surface area contributed by atoms with Crippen molar-refractivity contribution >= 4 is 16.9 Å². The van der Waals surface area contributed by atoms with Crippen molar-refractivity contribution in [1.29, 1.82) is 0 Å². The molecule has 4 N–H and O–H groups in total. The maximum Gasteiger partial charge on any atom is 0.174 e. The molecular weight excluding hydrogens is 197 g/mol. The molecule has 0 unspecified atom stereocenters. The first-order valence-corrected chi connectivity index (χ1v) is 4.70. The Morgan fingerprint density at radius 3 is 2.87 bits per heavy atom. The summed E-state index contributed by atoms with van der Waals surface area (Å²) >= 11 is 0. The molecule has 0 atom stereocenters. The summed E-state index contributed by atoms with van der Waals surface area (Å²) in [5.41, 5.74) is 12.0. The lowest BCUT2D eigenvalue weighted by Gasteiger charge is -2.14. The van der Waals surface area contributed by atoms with Gasteiger partial charge in [0.05, 0.1) is 30.4 Å². The van der Waals surface area contributed by atoms with Gasteiger partial charge in [-0.25, -0.2) is 4.39 Å². The summed E-state index contributed by atoms with van der Waals surface area (Å²) in [5, 5.41) is 0. The summed E-state index contributed by atoms with van der Waals surface area (Å²) in [4.78, 5) is 3.93. The molecule has 0 radical (unpaired) electrons. The SMILES string of the molecule is Nc1cnc(C2=COCCC2)c(F)c1N. The second-order valence-corrected chi connectivity index (χ2v) is 3.41. The Morgan fingerprint density at radius 2 is 2.20 bits per heavy atom.